The third kappa shape index (κ3) is 6.45. The minimum atomic E-state index is -0.0870. The van der Waals surface area contributed by atoms with Gasteiger partial charge in [-0.2, -0.15) is 0 Å². The summed E-state index contributed by atoms with van der Waals surface area (Å²) in [6.07, 6.45) is 0. The molecule has 9 heteroatoms. The van der Waals surface area contributed by atoms with E-state index in [9.17, 15) is 4.79 Å². The quantitative estimate of drug-likeness (QED) is 0.350. The highest BCUT2D eigenvalue weighted by Crippen LogP contribution is 2.25. The lowest BCUT2D eigenvalue weighted by Gasteiger charge is -2.13. The Morgan fingerprint density at radius 3 is 2.76 bits per heavy atom. The van der Waals surface area contributed by atoms with Gasteiger partial charge in [-0.25, -0.2) is 4.98 Å². The lowest BCUT2D eigenvalue weighted by atomic mass is 10.3. The second-order valence-corrected chi connectivity index (χ2v) is 8.25. The largest absolute Gasteiger partial charge is 0.495 e. The zero-order chi connectivity index (χ0) is 20.6. The van der Waals surface area contributed by atoms with E-state index >= 15 is 0 Å². The maximum Gasteiger partial charge on any atom is 0.236 e. The fraction of sp³-hybridized carbons (Fsp3) is 0.150. The summed E-state index contributed by atoms with van der Waals surface area (Å²) in [6.45, 7) is 1.90. The van der Waals surface area contributed by atoms with Gasteiger partial charge in [0.15, 0.2) is 10.2 Å². The summed E-state index contributed by atoms with van der Waals surface area (Å²) < 4.78 is 5.32. The van der Waals surface area contributed by atoms with E-state index in [0.717, 1.165) is 22.0 Å². The van der Waals surface area contributed by atoms with Crippen molar-refractivity contribution in [1.29, 1.82) is 0 Å². The van der Waals surface area contributed by atoms with E-state index in [1.54, 1.807) is 7.11 Å². The second-order valence-electron chi connectivity index (χ2n) is 5.94. The van der Waals surface area contributed by atoms with E-state index in [0.29, 0.717) is 21.7 Å². The van der Waals surface area contributed by atoms with E-state index in [-0.39, 0.29) is 5.91 Å². The highest BCUT2D eigenvalue weighted by Gasteiger charge is 2.08. The summed E-state index contributed by atoms with van der Waals surface area (Å²) in [4.78, 5) is 17.3. The molecule has 150 valence electrons. The molecule has 0 spiro atoms. The van der Waals surface area contributed by atoms with E-state index in [1.165, 1.54) is 23.1 Å². The summed E-state index contributed by atoms with van der Waals surface area (Å²) in [5, 5.41) is 12.1. The number of carbonyl (C=O) groups excluding carboxylic acids is 1. The van der Waals surface area contributed by atoms with Crippen LogP contribution in [0.15, 0.2) is 58.8 Å². The maximum atomic E-state index is 12.1. The summed E-state index contributed by atoms with van der Waals surface area (Å²) >= 11 is 8.26. The molecule has 3 rings (SSSR count). The number of aromatic nitrogens is 1. The Bertz CT molecular complexity index is 1010. The number of hydrogen-bond acceptors (Lipinski definition) is 6. The van der Waals surface area contributed by atoms with Crippen molar-refractivity contribution in [1.82, 2.24) is 4.98 Å². The van der Waals surface area contributed by atoms with Crippen LogP contribution < -0.4 is 20.7 Å². The van der Waals surface area contributed by atoms with Gasteiger partial charge in [0.05, 0.1) is 24.2 Å². The predicted molar refractivity (Wildman–Crippen MR) is 125 cm³/mol. The Labute approximate surface area is 183 Å². The number of thiazole rings is 1. The molecule has 2 aromatic carbocycles. The van der Waals surface area contributed by atoms with Gasteiger partial charge >= 0.3 is 0 Å². The van der Waals surface area contributed by atoms with Gasteiger partial charge in [0.1, 0.15) is 5.75 Å². The molecular formula is C20H20N4O2S3. The van der Waals surface area contributed by atoms with Crippen molar-refractivity contribution in [2.75, 3.05) is 28.8 Å². The number of anilines is 3. The van der Waals surface area contributed by atoms with Crippen LogP contribution in [0.1, 0.15) is 5.69 Å². The van der Waals surface area contributed by atoms with Gasteiger partial charge < -0.3 is 20.7 Å². The molecule has 3 aromatic rings. The molecule has 0 saturated heterocycles. The molecule has 0 bridgehead atoms. The normalized spacial score (nSPS) is 10.3. The Balaban J connectivity index is 1.53. The molecule has 0 aliphatic carbocycles. The third-order valence-corrected chi connectivity index (χ3v) is 5.76. The van der Waals surface area contributed by atoms with Crippen molar-refractivity contribution < 1.29 is 9.53 Å². The number of amides is 1. The predicted octanol–water partition coefficient (Wildman–Crippen LogP) is 5.00. The molecule has 6 nitrogen and oxygen atoms in total. The van der Waals surface area contributed by atoms with Crippen molar-refractivity contribution in [2.24, 2.45) is 0 Å². The highest BCUT2D eigenvalue weighted by atomic mass is 32.2. The molecule has 29 heavy (non-hydrogen) atoms. The molecule has 0 fully saturated rings. The number of hydrogen-bond donors (Lipinski definition) is 3. The number of rotatable bonds is 7. The Kier molecular flexibility index (Phi) is 7.45. The van der Waals surface area contributed by atoms with E-state index in [4.69, 9.17) is 17.0 Å². The number of thiocarbonyl (C=S) groups is 1. The number of carbonyl (C=O) groups is 1. The summed E-state index contributed by atoms with van der Waals surface area (Å²) in [6, 6.07) is 15.3. The van der Waals surface area contributed by atoms with Gasteiger partial charge in [0, 0.05) is 16.0 Å². The first-order valence-corrected chi connectivity index (χ1v) is 11.0. The van der Waals surface area contributed by atoms with Crippen molar-refractivity contribution in [3.63, 3.8) is 0 Å². The molecule has 0 radical (unpaired) electrons. The molecule has 3 N–H and O–H groups in total. The fourth-order valence-electron chi connectivity index (χ4n) is 2.41. The smallest absolute Gasteiger partial charge is 0.236 e. The number of methoxy groups -OCH3 is 1. The molecule has 0 atom stereocenters. The SMILES string of the molecule is COc1ccccc1NC(=S)Nc1cccc(SCC(=O)Nc2nc(C)cs2)c1. The van der Waals surface area contributed by atoms with Gasteiger partial charge in [0.2, 0.25) is 5.91 Å². The minimum Gasteiger partial charge on any atom is -0.495 e. The summed E-state index contributed by atoms with van der Waals surface area (Å²) in [5.74, 6) is 0.921. The lowest BCUT2D eigenvalue weighted by molar-refractivity contribution is -0.113. The van der Waals surface area contributed by atoms with E-state index in [2.05, 4.69) is 20.9 Å². The zero-order valence-electron chi connectivity index (χ0n) is 15.9. The first-order valence-electron chi connectivity index (χ1n) is 8.69. The number of benzene rings is 2. The minimum absolute atomic E-state index is 0.0870. The summed E-state index contributed by atoms with van der Waals surface area (Å²) in [5.41, 5.74) is 2.51. The standard InChI is InChI=1S/C20H20N4O2S3/c1-13-11-29-20(21-13)24-18(25)12-28-15-7-5-6-14(10-15)22-19(27)23-16-8-3-4-9-17(16)26-2/h3-11H,12H2,1-2H3,(H,21,24,25)(H2,22,23,27). The Hall–Kier alpha value is -2.62. The van der Waals surface area contributed by atoms with Crippen molar-refractivity contribution >= 4 is 62.8 Å². The molecule has 0 unspecified atom stereocenters. The van der Waals surface area contributed by atoms with Crippen LogP contribution in [0.25, 0.3) is 0 Å². The van der Waals surface area contributed by atoms with Crippen LogP contribution in [0.4, 0.5) is 16.5 Å². The number of nitrogens with zero attached hydrogens (tertiary/aromatic N) is 1. The van der Waals surface area contributed by atoms with Crippen LogP contribution in [0.3, 0.4) is 0 Å². The topological polar surface area (TPSA) is 75.3 Å². The van der Waals surface area contributed by atoms with Gasteiger partial charge in [-0.3, -0.25) is 4.79 Å². The number of thioether (sulfide) groups is 1. The van der Waals surface area contributed by atoms with Gasteiger partial charge in [0.25, 0.3) is 0 Å². The van der Waals surface area contributed by atoms with Gasteiger partial charge in [-0.05, 0) is 49.5 Å². The maximum absolute atomic E-state index is 12.1. The van der Waals surface area contributed by atoms with Crippen LogP contribution in [0, 0.1) is 6.92 Å². The van der Waals surface area contributed by atoms with Crippen LogP contribution in [-0.2, 0) is 4.79 Å². The Morgan fingerprint density at radius 2 is 2.00 bits per heavy atom. The number of aryl methyl sites for hydroxylation is 1. The fourth-order valence-corrected chi connectivity index (χ4v) is 4.10. The van der Waals surface area contributed by atoms with Crippen molar-refractivity contribution in [3.8, 4) is 5.75 Å². The number of para-hydroxylation sites is 2. The summed E-state index contributed by atoms with van der Waals surface area (Å²) in [7, 11) is 1.61. The van der Waals surface area contributed by atoms with E-state index < -0.39 is 0 Å². The van der Waals surface area contributed by atoms with Crippen LogP contribution in [0.2, 0.25) is 0 Å². The molecule has 0 aliphatic heterocycles. The first kappa shape index (κ1) is 21.1. The second kappa shape index (κ2) is 10.2. The molecule has 0 aliphatic rings. The molecule has 1 aromatic heterocycles. The van der Waals surface area contributed by atoms with Crippen molar-refractivity contribution in [2.45, 2.75) is 11.8 Å². The average molecular weight is 445 g/mol. The molecule has 0 saturated carbocycles. The van der Waals surface area contributed by atoms with E-state index in [1.807, 2.05) is 60.8 Å². The number of ether oxygens (including phenoxy) is 1. The highest BCUT2D eigenvalue weighted by molar-refractivity contribution is 8.00. The first-order chi connectivity index (χ1) is 14.0. The van der Waals surface area contributed by atoms with Crippen LogP contribution in [0.5, 0.6) is 5.75 Å². The number of nitrogens with one attached hydrogen (secondary N) is 3. The molecule has 1 amide bonds. The Morgan fingerprint density at radius 1 is 1.17 bits per heavy atom. The van der Waals surface area contributed by atoms with Gasteiger partial charge in [-0.15, -0.1) is 23.1 Å². The zero-order valence-corrected chi connectivity index (χ0v) is 18.3. The van der Waals surface area contributed by atoms with Crippen molar-refractivity contribution in [3.05, 3.63) is 59.6 Å². The molecule has 1 heterocycles. The monoisotopic (exact) mass is 444 g/mol. The lowest BCUT2D eigenvalue weighted by Crippen LogP contribution is -2.19. The molecular weight excluding hydrogens is 424 g/mol. The van der Waals surface area contributed by atoms with Gasteiger partial charge in [-0.1, -0.05) is 18.2 Å². The third-order valence-electron chi connectivity index (χ3n) is 3.68. The average Bonchev–Trinajstić information content (AvgIpc) is 3.11. The van der Waals surface area contributed by atoms with Crippen LogP contribution >= 0.6 is 35.3 Å². The van der Waals surface area contributed by atoms with Crippen LogP contribution in [-0.4, -0.2) is 28.9 Å².